The van der Waals surface area contributed by atoms with Gasteiger partial charge in [-0.2, -0.15) is 0 Å². The zero-order valence-corrected chi connectivity index (χ0v) is 25.9. The van der Waals surface area contributed by atoms with E-state index in [1.165, 1.54) is 6.07 Å². The van der Waals surface area contributed by atoms with E-state index in [0.29, 0.717) is 22.4 Å². The van der Waals surface area contributed by atoms with Crippen LogP contribution in [-0.2, 0) is 0 Å². The average Bonchev–Trinajstić information content (AvgIpc) is 3.89. The molecule has 0 saturated heterocycles. The number of fused-ring (bicyclic) bond motifs is 2. The normalized spacial score (nSPS) is 11.0. The van der Waals surface area contributed by atoms with E-state index in [1.54, 1.807) is 57.5 Å². The van der Waals surface area contributed by atoms with Gasteiger partial charge in [0.25, 0.3) is 5.69 Å². The van der Waals surface area contributed by atoms with Crippen LogP contribution in [0.5, 0.6) is 0 Å². The Kier molecular flexibility index (Phi) is 7.62. The van der Waals surface area contributed by atoms with Gasteiger partial charge < -0.3 is 5.73 Å². The lowest BCUT2D eigenvalue weighted by Gasteiger charge is -2.08. The lowest BCUT2D eigenvalue weighted by atomic mass is 10.2. The fourth-order valence-electron chi connectivity index (χ4n) is 4.65. The molecule has 0 fully saturated rings. The van der Waals surface area contributed by atoms with Crippen LogP contribution in [0.1, 0.15) is 0 Å². The molecule has 0 atom stereocenters. The van der Waals surface area contributed by atoms with E-state index in [1.807, 2.05) is 70.7 Å². The molecule has 44 heavy (non-hydrogen) atoms. The van der Waals surface area contributed by atoms with Gasteiger partial charge in [-0.3, -0.25) is 10.1 Å². The van der Waals surface area contributed by atoms with E-state index in [-0.39, 0.29) is 5.69 Å². The van der Waals surface area contributed by atoms with Crippen molar-refractivity contribution in [2.45, 2.75) is 0 Å². The highest BCUT2D eigenvalue weighted by Gasteiger charge is 2.20. The van der Waals surface area contributed by atoms with Crippen LogP contribution in [0.4, 0.5) is 11.4 Å². The van der Waals surface area contributed by atoms with E-state index in [0.717, 1.165) is 47.6 Å². The van der Waals surface area contributed by atoms with Gasteiger partial charge in [-0.05, 0) is 64.0 Å². The summed E-state index contributed by atoms with van der Waals surface area (Å²) in [6.07, 6.45) is 0. The number of non-ortho nitro benzene ring substituents is 1. The maximum Gasteiger partial charge on any atom is 0.297 e. The van der Waals surface area contributed by atoms with Gasteiger partial charge in [0.1, 0.15) is 28.3 Å². The van der Waals surface area contributed by atoms with E-state index in [4.69, 9.17) is 15.7 Å². The summed E-state index contributed by atoms with van der Waals surface area (Å²) in [4.78, 5) is 33.9. The second kappa shape index (κ2) is 12.0. The summed E-state index contributed by atoms with van der Waals surface area (Å²) < 4.78 is 0. The molecule has 8 nitrogen and oxygen atoms in total. The Morgan fingerprint density at radius 1 is 0.523 bits per heavy atom. The molecule has 0 unspecified atom stereocenters. The zero-order chi connectivity index (χ0) is 30.0. The van der Waals surface area contributed by atoms with Crippen LogP contribution in [0, 0.1) is 10.1 Å². The SMILES string of the molecule is Nc1cccc2nc(-c3cccs3)c(-c3cccs3)nc12.O=[N+]([O-])c1cccc2nc(-c3cccs3)c(-c3cccs3)nc12. The maximum absolute atomic E-state index is 11.3. The average molecular weight is 649 g/mol. The first-order valence-electron chi connectivity index (χ1n) is 13.2. The van der Waals surface area contributed by atoms with Gasteiger partial charge in [0.2, 0.25) is 0 Å². The topological polar surface area (TPSA) is 121 Å². The fourth-order valence-corrected chi connectivity index (χ4v) is 7.51. The van der Waals surface area contributed by atoms with Crippen molar-refractivity contribution in [1.29, 1.82) is 0 Å². The fraction of sp³-hybridized carbons (Fsp3) is 0. The number of hydrogen-bond acceptors (Lipinski definition) is 11. The highest BCUT2D eigenvalue weighted by Crippen LogP contribution is 2.38. The van der Waals surface area contributed by atoms with Gasteiger partial charge in [0, 0.05) is 6.07 Å². The van der Waals surface area contributed by atoms with Gasteiger partial charge in [-0.15, -0.1) is 45.3 Å². The summed E-state index contributed by atoms with van der Waals surface area (Å²) in [7, 11) is 0. The molecular formula is C32H20N6O2S4. The molecule has 6 heterocycles. The van der Waals surface area contributed by atoms with Gasteiger partial charge in [-0.1, -0.05) is 36.4 Å². The molecule has 0 radical (unpaired) electrons. The Bertz CT molecular complexity index is 2210. The van der Waals surface area contributed by atoms with E-state index >= 15 is 0 Å². The minimum absolute atomic E-state index is 0.0227. The third-order valence-electron chi connectivity index (χ3n) is 6.61. The zero-order valence-electron chi connectivity index (χ0n) is 22.7. The van der Waals surface area contributed by atoms with Gasteiger partial charge in [0.15, 0.2) is 5.52 Å². The number of nitro benzene ring substituents is 1. The standard InChI is InChI=1S/C16H9N3O2S2.C16H11N3S2/c20-19(21)11-5-1-4-10-14(11)18-16(13-7-3-9-23-13)15(17-10)12-6-2-8-22-12;17-10-4-1-5-11-14(10)19-16(13-7-3-9-21-13)15(18-11)12-6-2-8-20-12/h1-9H;1-9H,17H2. The maximum atomic E-state index is 11.3. The molecule has 0 amide bonds. The molecule has 0 aliphatic heterocycles. The Labute approximate surface area is 267 Å². The molecule has 0 spiro atoms. The van der Waals surface area contributed by atoms with Crippen LogP contribution >= 0.6 is 45.3 Å². The predicted molar refractivity (Wildman–Crippen MR) is 183 cm³/mol. The van der Waals surface area contributed by atoms with Crippen LogP contribution in [0.2, 0.25) is 0 Å². The molecular weight excluding hydrogens is 629 g/mol. The van der Waals surface area contributed by atoms with Gasteiger partial charge in [-0.25, -0.2) is 19.9 Å². The second-order valence-electron chi connectivity index (χ2n) is 9.37. The first-order chi connectivity index (χ1) is 21.6. The van der Waals surface area contributed by atoms with Crippen molar-refractivity contribution in [3.63, 3.8) is 0 Å². The lowest BCUT2D eigenvalue weighted by Crippen LogP contribution is -1.97. The number of aromatic nitrogens is 4. The Hall–Kier alpha value is -4.88. The molecule has 8 aromatic rings. The smallest absolute Gasteiger partial charge is 0.297 e. The summed E-state index contributed by atoms with van der Waals surface area (Å²) in [5, 5.41) is 19.3. The number of nitro groups is 1. The van der Waals surface area contributed by atoms with Crippen LogP contribution in [0.15, 0.2) is 106 Å². The minimum Gasteiger partial charge on any atom is -0.397 e. The summed E-state index contributed by atoms with van der Waals surface area (Å²) in [5.74, 6) is 0. The van der Waals surface area contributed by atoms with Crippen molar-refractivity contribution in [1.82, 2.24) is 19.9 Å². The first kappa shape index (κ1) is 27.9. The molecule has 12 heteroatoms. The van der Waals surface area contributed by atoms with Gasteiger partial charge >= 0.3 is 0 Å². The molecule has 0 saturated carbocycles. The van der Waals surface area contributed by atoms with E-state index in [9.17, 15) is 10.1 Å². The lowest BCUT2D eigenvalue weighted by molar-refractivity contribution is -0.383. The number of hydrogen-bond donors (Lipinski definition) is 1. The van der Waals surface area contributed by atoms with Crippen LogP contribution in [-0.4, -0.2) is 24.9 Å². The quantitative estimate of drug-likeness (QED) is 0.112. The van der Waals surface area contributed by atoms with Crippen molar-refractivity contribution < 1.29 is 4.92 Å². The van der Waals surface area contributed by atoms with Crippen LogP contribution in [0.3, 0.4) is 0 Å². The van der Waals surface area contributed by atoms with Gasteiger partial charge in [0.05, 0.1) is 41.2 Å². The van der Waals surface area contributed by atoms with Crippen molar-refractivity contribution in [2.75, 3.05) is 5.73 Å². The Balaban J connectivity index is 0.000000143. The Morgan fingerprint density at radius 2 is 0.932 bits per heavy atom. The van der Waals surface area contributed by atoms with Crippen LogP contribution < -0.4 is 5.73 Å². The van der Waals surface area contributed by atoms with Crippen molar-refractivity contribution in [3.8, 4) is 42.3 Å². The third-order valence-corrected chi connectivity index (χ3v) is 10.1. The second-order valence-corrected chi connectivity index (χ2v) is 13.2. The number of nitrogens with two attached hydrogens (primary N) is 1. The molecule has 0 aliphatic carbocycles. The van der Waals surface area contributed by atoms with Crippen molar-refractivity contribution >= 4 is 78.8 Å². The first-order valence-corrected chi connectivity index (χ1v) is 16.8. The number of nitrogens with zero attached hydrogens (tertiary/aromatic N) is 5. The molecule has 214 valence electrons. The summed E-state index contributed by atoms with van der Waals surface area (Å²) >= 11 is 6.45. The molecule has 8 rings (SSSR count). The molecule has 2 aromatic carbocycles. The summed E-state index contributed by atoms with van der Waals surface area (Å²) in [6, 6.07) is 26.6. The number of para-hydroxylation sites is 2. The number of thiophene rings is 4. The Morgan fingerprint density at radius 3 is 1.36 bits per heavy atom. The molecule has 0 bridgehead atoms. The number of rotatable bonds is 5. The minimum atomic E-state index is -0.417. The summed E-state index contributed by atoms with van der Waals surface area (Å²) in [6.45, 7) is 0. The summed E-state index contributed by atoms with van der Waals surface area (Å²) in [5.41, 5.74) is 12.4. The number of anilines is 1. The number of benzene rings is 2. The number of nitrogen functional groups attached to an aromatic ring is 1. The highest BCUT2D eigenvalue weighted by atomic mass is 32.1. The molecule has 6 aromatic heterocycles. The monoisotopic (exact) mass is 648 g/mol. The van der Waals surface area contributed by atoms with Crippen molar-refractivity contribution in [2.24, 2.45) is 0 Å². The van der Waals surface area contributed by atoms with Crippen LogP contribution in [0.25, 0.3) is 64.4 Å². The van der Waals surface area contributed by atoms with E-state index in [2.05, 4.69) is 27.5 Å². The largest absolute Gasteiger partial charge is 0.397 e. The van der Waals surface area contributed by atoms with E-state index < -0.39 is 4.92 Å². The molecule has 2 N–H and O–H groups in total. The highest BCUT2D eigenvalue weighted by molar-refractivity contribution is 7.15. The third kappa shape index (κ3) is 5.35. The molecule has 0 aliphatic rings. The van der Waals surface area contributed by atoms with Crippen molar-refractivity contribution in [3.05, 3.63) is 117 Å². The predicted octanol–water partition coefficient (Wildman–Crippen LogP) is 9.66.